The van der Waals surface area contributed by atoms with E-state index in [9.17, 15) is 4.79 Å². The number of carbonyl (C=O) groups excluding carboxylic acids is 1. The van der Waals surface area contributed by atoms with Crippen LogP contribution in [-0.4, -0.2) is 25.2 Å². The Labute approximate surface area is 78.1 Å². The summed E-state index contributed by atoms with van der Waals surface area (Å²) in [7, 11) is 0. The molecule has 2 amide bonds. The van der Waals surface area contributed by atoms with Crippen molar-refractivity contribution in [3.05, 3.63) is 0 Å². The van der Waals surface area contributed by atoms with E-state index < -0.39 is 6.03 Å². The third kappa shape index (κ3) is 5.12. The van der Waals surface area contributed by atoms with Gasteiger partial charge in [-0.1, -0.05) is 0 Å². The molecular weight excluding hydrogens is 189 g/mol. The van der Waals surface area contributed by atoms with Crippen molar-refractivity contribution in [3.63, 3.8) is 0 Å². The second-order valence-electron chi connectivity index (χ2n) is 2.20. The zero-order chi connectivity index (χ0) is 6.69. The van der Waals surface area contributed by atoms with Crippen LogP contribution in [0.4, 0.5) is 4.79 Å². The molecule has 0 aromatic rings. The van der Waals surface area contributed by atoms with Crippen molar-refractivity contribution in [2.75, 3.05) is 13.1 Å². The number of nitrogens with one attached hydrogen (secondary N) is 2. The lowest BCUT2D eigenvalue weighted by molar-refractivity contribution is 0.246. The van der Waals surface area contributed by atoms with Crippen LogP contribution in [0.3, 0.4) is 0 Å². The molecule has 1 aliphatic rings. The van der Waals surface area contributed by atoms with E-state index in [-0.39, 0.29) is 30.9 Å². The molecule has 1 rings (SSSR count). The van der Waals surface area contributed by atoms with E-state index >= 15 is 0 Å². The van der Waals surface area contributed by atoms with Gasteiger partial charge in [0.15, 0.2) is 0 Å². The van der Waals surface area contributed by atoms with Crippen molar-refractivity contribution in [3.8, 4) is 0 Å². The van der Waals surface area contributed by atoms with Crippen LogP contribution >= 0.6 is 24.8 Å². The van der Waals surface area contributed by atoms with Gasteiger partial charge in [-0.05, 0) is 13.0 Å². The van der Waals surface area contributed by atoms with E-state index in [1.807, 2.05) is 0 Å². The van der Waals surface area contributed by atoms with Crippen LogP contribution in [0.25, 0.3) is 0 Å². The number of primary amides is 1. The van der Waals surface area contributed by atoms with Gasteiger partial charge >= 0.3 is 6.03 Å². The third-order valence-electron chi connectivity index (χ3n) is 1.41. The Kier molecular flexibility index (Phi) is 7.94. The molecule has 0 aromatic heterocycles. The van der Waals surface area contributed by atoms with Crippen LogP contribution in [0, 0.1) is 0 Å². The lowest BCUT2D eigenvalue weighted by Gasteiger charge is -2.06. The van der Waals surface area contributed by atoms with Gasteiger partial charge in [0, 0.05) is 12.6 Å². The maximum Gasteiger partial charge on any atom is 0.312 e. The lowest BCUT2D eigenvalue weighted by atomic mass is 10.3. The number of hydrogen-bond acceptors (Lipinski definition) is 2. The lowest BCUT2D eigenvalue weighted by Crippen LogP contribution is -2.39. The summed E-state index contributed by atoms with van der Waals surface area (Å²) < 4.78 is 0. The van der Waals surface area contributed by atoms with Gasteiger partial charge in [-0.3, -0.25) is 0 Å². The second kappa shape index (κ2) is 6.52. The molecule has 4 N–H and O–H groups in total. The summed E-state index contributed by atoms with van der Waals surface area (Å²) >= 11 is 0. The molecule has 4 nitrogen and oxygen atoms in total. The van der Waals surface area contributed by atoms with Gasteiger partial charge in [-0.2, -0.15) is 0 Å². The molecular formula is C5H13Cl2N3O. The first-order valence-electron chi connectivity index (χ1n) is 3.06. The standard InChI is InChI=1S/C5H11N3O.2ClH/c6-5(9)8-4-1-2-7-3-4;;/h4,7H,1-3H2,(H3,6,8,9);2*1H/t4-;;/m0../s1. The normalized spacial score (nSPS) is 21.3. The summed E-state index contributed by atoms with van der Waals surface area (Å²) in [6, 6.07) is -0.175. The largest absolute Gasteiger partial charge is 0.352 e. The summed E-state index contributed by atoms with van der Waals surface area (Å²) in [5.41, 5.74) is 4.89. The van der Waals surface area contributed by atoms with Gasteiger partial charge < -0.3 is 16.4 Å². The number of hydrogen-bond donors (Lipinski definition) is 3. The average molecular weight is 202 g/mol. The van der Waals surface area contributed by atoms with Gasteiger partial charge in [0.05, 0.1) is 0 Å². The first-order chi connectivity index (χ1) is 4.29. The number of amides is 2. The highest BCUT2D eigenvalue weighted by Gasteiger charge is 2.14. The van der Waals surface area contributed by atoms with Gasteiger partial charge in [0.2, 0.25) is 0 Å². The number of rotatable bonds is 1. The van der Waals surface area contributed by atoms with E-state index in [0.29, 0.717) is 0 Å². The van der Waals surface area contributed by atoms with Crippen molar-refractivity contribution < 1.29 is 4.79 Å². The molecule has 6 heteroatoms. The quantitative estimate of drug-likeness (QED) is 0.554. The summed E-state index contributed by atoms with van der Waals surface area (Å²) in [6.07, 6.45) is 0.989. The molecule has 1 fully saturated rings. The summed E-state index contributed by atoms with van der Waals surface area (Å²) in [5, 5.41) is 5.73. The van der Waals surface area contributed by atoms with Crippen LogP contribution in [0.5, 0.6) is 0 Å². The molecule has 1 saturated heterocycles. The molecule has 0 aliphatic carbocycles. The average Bonchev–Trinajstić information content (AvgIpc) is 2.15. The summed E-state index contributed by atoms with van der Waals surface area (Å²) in [6.45, 7) is 1.83. The van der Waals surface area contributed by atoms with Crippen molar-refractivity contribution in [2.45, 2.75) is 12.5 Å². The Hall–Kier alpha value is -0.190. The van der Waals surface area contributed by atoms with E-state index in [2.05, 4.69) is 10.6 Å². The molecule has 0 saturated carbocycles. The molecule has 0 bridgehead atoms. The Morgan fingerprint density at radius 1 is 1.55 bits per heavy atom. The van der Waals surface area contributed by atoms with Crippen LogP contribution in [-0.2, 0) is 0 Å². The molecule has 68 valence electrons. The number of nitrogens with two attached hydrogens (primary N) is 1. The van der Waals surface area contributed by atoms with Crippen molar-refractivity contribution >= 4 is 30.8 Å². The van der Waals surface area contributed by atoms with Crippen LogP contribution in [0.2, 0.25) is 0 Å². The summed E-state index contributed by atoms with van der Waals surface area (Å²) in [4.78, 5) is 10.2. The molecule has 1 heterocycles. The smallest absolute Gasteiger partial charge is 0.312 e. The Morgan fingerprint density at radius 3 is 2.55 bits per heavy atom. The second-order valence-corrected chi connectivity index (χ2v) is 2.20. The highest BCUT2D eigenvalue weighted by Crippen LogP contribution is 1.95. The molecule has 0 spiro atoms. The van der Waals surface area contributed by atoms with Gasteiger partial charge in [-0.15, -0.1) is 24.8 Å². The first kappa shape index (κ1) is 13.4. The van der Waals surface area contributed by atoms with Gasteiger partial charge in [-0.25, -0.2) is 4.79 Å². The van der Waals surface area contributed by atoms with E-state index in [1.54, 1.807) is 0 Å². The molecule has 1 aliphatic heterocycles. The van der Waals surface area contributed by atoms with Crippen LogP contribution in [0.1, 0.15) is 6.42 Å². The minimum atomic E-state index is -0.427. The zero-order valence-electron chi connectivity index (χ0n) is 6.00. The molecule has 0 aromatic carbocycles. The van der Waals surface area contributed by atoms with Crippen molar-refractivity contribution in [1.29, 1.82) is 0 Å². The third-order valence-corrected chi connectivity index (χ3v) is 1.41. The van der Waals surface area contributed by atoms with Gasteiger partial charge in [0.1, 0.15) is 0 Å². The van der Waals surface area contributed by atoms with E-state index in [1.165, 1.54) is 0 Å². The maximum atomic E-state index is 10.2. The minimum absolute atomic E-state index is 0. The number of halogens is 2. The van der Waals surface area contributed by atoms with E-state index in [4.69, 9.17) is 5.73 Å². The predicted octanol–water partition coefficient (Wildman–Crippen LogP) is -0.140. The fourth-order valence-corrected chi connectivity index (χ4v) is 0.979. The van der Waals surface area contributed by atoms with Crippen LogP contribution < -0.4 is 16.4 Å². The maximum absolute atomic E-state index is 10.2. The molecule has 0 radical (unpaired) electrons. The zero-order valence-corrected chi connectivity index (χ0v) is 7.63. The first-order valence-corrected chi connectivity index (χ1v) is 3.06. The van der Waals surface area contributed by atoms with Crippen LogP contribution in [0.15, 0.2) is 0 Å². The monoisotopic (exact) mass is 201 g/mol. The minimum Gasteiger partial charge on any atom is -0.352 e. The summed E-state index contributed by atoms with van der Waals surface area (Å²) in [5.74, 6) is 0. The highest BCUT2D eigenvalue weighted by atomic mass is 35.5. The van der Waals surface area contributed by atoms with Crippen molar-refractivity contribution in [1.82, 2.24) is 10.6 Å². The number of urea groups is 1. The fraction of sp³-hybridized carbons (Fsp3) is 0.800. The fourth-order valence-electron chi connectivity index (χ4n) is 0.979. The Morgan fingerprint density at radius 2 is 2.18 bits per heavy atom. The van der Waals surface area contributed by atoms with Crippen molar-refractivity contribution in [2.24, 2.45) is 5.73 Å². The van der Waals surface area contributed by atoms with Gasteiger partial charge in [0.25, 0.3) is 0 Å². The molecule has 1 atom stereocenters. The SMILES string of the molecule is Cl.Cl.NC(=O)N[C@H]1CCNC1. The number of carbonyl (C=O) groups is 1. The Bertz CT molecular complexity index is 116. The topological polar surface area (TPSA) is 67.2 Å². The molecule has 0 unspecified atom stereocenters. The highest BCUT2D eigenvalue weighted by molar-refractivity contribution is 5.85. The predicted molar refractivity (Wildman–Crippen MR) is 48.5 cm³/mol. The molecule has 11 heavy (non-hydrogen) atoms. The van der Waals surface area contributed by atoms with E-state index in [0.717, 1.165) is 19.5 Å². The Balaban J connectivity index is 0.